The number of nitrogens with zero attached hydrogens (tertiary/aromatic N) is 4. The van der Waals surface area contributed by atoms with Gasteiger partial charge in [-0.1, -0.05) is 70.2 Å². The summed E-state index contributed by atoms with van der Waals surface area (Å²) in [5.41, 5.74) is 2.71. The van der Waals surface area contributed by atoms with Crippen LogP contribution in [0.3, 0.4) is 0 Å². The first-order chi connectivity index (χ1) is 22.6. The minimum Gasteiger partial charge on any atom is -0.508 e. The molecule has 2 amide bonds. The molecule has 1 heterocycles. The molecule has 47 heavy (non-hydrogen) atoms. The molecule has 5 aromatic rings. The zero-order chi connectivity index (χ0) is 33.5. The molecule has 15 heteroatoms. The van der Waals surface area contributed by atoms with Gasteiger partial charge in [0.15, 0.2) is 0 Å². The van der Waals surface area contributed by atoms with Crippen LogP contribution >= 0.6 is 34.8 Å². The maximum atomic E-state index is 13.3. The number of carbonyl (C=O) groups excluding carboxylic acids is 3. The Morgan fingerprint density at radius 1 is 0.872 bits per heavy atom. The van der Waals surface area contributed by atoms with Gasteiger partial charge in [-0.25, -0.2) is 4.79 Å². The van der Waals surface area contributed by atoms with Crippen molar-refractivity contribution in [1.29, 1.82) is 0 Å². The number of carbonyl (C=O) groups is 3. The number of methoxy groups -OCH3 is 1. The Morgan fingerprint density at radius 2 is 1.60 bits per heavy atom. The fraction of sp³-hybridized carbons (Fsp3) is 0.125. The number of benzene rings is 4. The number of aromatic hydroxyl groups is 1. The quantitative estimate of drug-likeness (QED) is 0.127. The highest BCUT2D eigenvalue weighted by molar-refractivity contribution is 6.40. The summed E-state index contributed by atoms with van der Waals surface area (Å²) in [4.78, 5) is 38.6. The van der Waals surface area contributed by atoms with Crippen LogP contribution in [0.2, 0.25) is 15.1 Å². The number of rotatable bonds is 11. The second-order valence-electron chi connectivity index (χ2n) is 10.1. The highest BCUT2D eigenvalue weighted by Gasteiger charge is 2.24. The fourth-order valence-electron chi connectivity index (χ4n) is 4.58. The minimum absolute atomic E-state index is 0.0942. The molecule has 0 aliphatic rings. The van der Waals surface area contributed by atoms with Gasteiger partial charge in [0.2, 0.25) is 5.95 Å². The van der Waals surface area contributed by atoms with Crippen LogP contribution < -0.4 is 16.0 Å². The molecule has 0 spiro atoms. The number of nitrogens with one attached hydrogen (secondary N) is 3. The average molecular weight is 695 g/mol. The summed E-state index contributed by atoms with van der Waals surface area (Å²) in [5, 5.41) is 30.4. The Labute approximate surface area is 283 Å². The van der Waals surface area contributed by atoms with Gasteiger partial charge in [0.25, 0.3) is 11.8 Å². The molecule has 1 aromatic heterocycles. The summed E-state index contributed by atoms with van der Waals surface area (Å²) >= 11 is 18.8. The number of amides is 2. The molecule has 0 radical (unpaired) electrons. The van der Waals surface area contributed by atoms with Crippen LogP contribution in [0, 0.1) is 0 Å². The number of hydrogen-bond donors (Lipinski definition) is 4. The van der Waals surface area contributed by atoms with E-state index in [4.69, 9.17) is 39.5 Å². The molecule has 4 aromatic carbocycles. The van der Waals surface area contributed by atoms with Gasteiger partial charge in [-0.05, 0) is 76.2 Å². The zero-order valence-electron chi connectivity index (χ0n) is 24.6. The number of phenols is 1. The molecular formula is C32H26Cl3N7O5. The molecule has 1 atom stereocenters. The lowest BCUT2D eigenvalue weighted by atomic mass is 10.0. The molecule has 0 bridgehead atoms. The van der Waals surface area contributed by atoms with Gasteiger partial charge >= 0.3 is 5.97 Å². The third-order valence-electron chi connectivity index (χ3n) is 6.91. The minimum atomic E-state index is -1.04. The Hall–Kier alpha value is -5.17. The van der Waals surface area contributed by atoms with E-state index in [1.54, 1.807) is 66.7 Å². The molecule has 0 saturated heterocycles. The molecule has 0 aliphatic carbocycles. The van der Waals surface area contributed by atoms with E-state index >= 15 is 0 Å². The SMILES string of the molecule is COC(=O)[C@H](Cc1ccc(NC(=O)c2c(Cl)cccc2Cl)cc1)NC(=O)c1ccc(-n2nnnc2NCc2cccc(O)c2)cc1Cl. The molecule has 240 valence electrons. The van der Waals surface area contributed by atoms with Gasteiger partial charge in [0.05, 0.1) is 39.0 Å². The second kappa shape index (κ2) is 14.9. The number of phenolic OH excluding ortho intramolecular Hbond substituents is 1. The Morgan fingerprint density at radius 3 is 2.28 bits per heavy atom. The average Bonchev–Trinajstić information content (AvgIpc) is 3.52. The molecule has 4 N–H and O–H groups in total. The highest BCUT2D eigenvalue weighted by Crippen LogP contribution is 2.26. The van der Waals surface area contributed by atoms with E-state index in [2.05, 4.69) is 31.5 Å². The Bertz CT molecular complexity index is 1910. The first kappa shape index (κ1) is 33.2. The van der Waals surface area contributed by atoms with E-state index in [1.807, 2.05) is 6.07 Å². The summed E-state index contributed by atoms with van der Waals surface area (Å²) in [5.74, 6) is -1.29. The van der Waals surface area contributed by atoms with Crippen LogP contribution in [0.1, 0.15) is 31.8 Å². The van der Waals surface area contributed by atoms with Crippen LogP contribution in [0.15, 0.2) is 84.9 Å². The molecule has 0 saturated carbocycles. The van der Waals surface area contributed by atoms with Crippen LogP contribution in [0.25, 0.3) is 5.69 Å². The van der Waals surface area contributed by atoms with Crippen LogP contribution in [-0.2, 0) is 22.5 Å². The smallest absolute Gasteiger partial charge is 0.328 e. The predicted octanol–water partition coefficient (Wildman–Crippen LogP) is 5.71. The molecule has 0 unspecified atom stereocenters. The number of aromatic nitrogens is 4. The van der Waals surface area contributed by atoms with Gasteiger partial charge < -0.3 is 25.8 Å². The van der Waals surface area contributed by atoms with Crippen molar-refractivity contribution in [3.05, 3.63) is 122 Å². The van der Waals surface area contributed by atoms with Crippen molar-refractivity contribution in [2.24, 2.45) is 0 Å². The molecule has 5 rings (SSSR count). The highest BCUT2D eigenvalue weighted by atomic mass is 35.5. The summed E-state index contributed by atoms with van der Waals surface area (Å²) in [7, 11) is 1.22. The monoisotopic (exact) mass is 693 g/mol. The van der Waals surface area contributed by atoms with Gasteiger partial charge in [0, 0.05) is 18.7 Å². The van der Waals surface area contributed by atoms with Crippen molar-refractivity contribution < 1.29 is 24.2 Å². The lowest BCUT2D eigenvalue weighted by Gasteiger charge is -2.18. The van der Waals surface area contributed by atoms with Crippen molar-refractivity contribution in [2.75, 3.05) is 17.7 Å². The van der Waals surface area contributed by atoms with Crippen LogP contribution in [0.4, 0.5) is 11.6 Å². The number of anilines is 2. The van der Waals surface area contributed by atoms with E-state index in [0.717, 1.165) is 5.56 Å². The number of esters is 1. The summed E-state index contributed by atoms with van der Waals surface area (Å²) in [6.45, 7) is 0.340. The van der Waals surface area contributed by atoms with E-state index < -0.39 is 23.8 Å². The summed E-state index contributed by atoms with van der Waals surface area (Å²) in [6.07, 6.45) is 0.0948. The summed E-state index contributed by atoms with van der Waals surface area (Å²) < 4.78 is 6.33. The fourth-order valence-corrected chi connectivity index (χ4v) is 5.41. The van der Waals surface area contributed by atoms with Gasteiger partial charge in [-0.2, -0.15) is 4.68 Å². The van der Waals surface area contributed by atoms with Crippen LogP contribution in [-0.4, -0.2) is 56.2 Å². The van der Waals surface area contributed by atoms with E-state index in [-0.39, 0.29) is 38.4 Å². The first-order valence-corrected chi connectivity index (χ1v) is 15.1. The molecule has 12 nitrogen and oxygen atoms in total. The van der Waals surface area contributed by atoms with E-state index in [1.165, 1.54) is 23.9 Å². The Kier molecular flexibility index (Phi) is 10.6. The van der Waals surface area contributed by atoms with Crippen LogP contribution in [0.5, 0.6) is 5.75 Å². The molecular weight excluding hydrogens is 669 g/mol. The third kappa shape index (κ3) is 8.17. The topological polar surface area (TPSA) is 160 Å². The number of tetrazole rings is 1. The van der Waals surface area contributed by atoms with E-state index in [9.17, 15) is 19.5 Å². The summed E-state index contributed by atoms with van der Waals surface area (Å²) in [6, 6.07) is 21.8. The zero-order valence-corrected chi connectivity index (χ0v) is 26.8. The lowest BCUT2D eigenvalue weighted by molar-refractivity contribution is -0.142. The Balaban J connectivity index is 1.24. The van der Waals surface area contributed by atoms with Crippen molar-refractivity contribution in [3.8, 4) is 11.4 Å². The lowest BCUT2D eigenvalue weighted by Crippen LogP contribution is -2.43. The predicted molar refractivity (Wildman–Crippen MR) is 177 cm³/mol. The normalized spacial score (nSPS) is 11.4. The van der Waals surface area contributed by atoms with E-state index in [0.29, 0.717) is 29.4 Å². The van der Waals surface area contributed by atoms with Crippen molar-refractivity contribution in [1.82, 2.24) is 25.5 Å². The largest absolute Gasteiger partial charge is 0.508 e. The molecule has 0 fully saturated rings. The van der Waals surface area contributed by atoms with Crippen molar-refractivity contribution >= 4 is 64.2 Å². The number of ether oxygens (including phenoxy) is 1. The van der Waals surface area contributed by atoms with Gasteiger partial charge in [-0.15, -0.1) is 0 Å². The van der Waals surface area contributed by atoms with Gasteiger partial charge in [0.1, 0.15) is 11.8 Å². The second-order valence-corrected chi connectivity index (χ2v) is 11.3. The van der Waals surface area contributed by atoms with Crippen molar-refractivity contribution in [3.63, 3.8) is 0 Å². The maximum absolute atomic E-state index is 13.3. The number of hydrogen-bond acceptors (Lipinski definition) is 9. The van der Waals surface area contributed by atoms with Crippen molar-refractivity contribution in [2.45, 2.75) is 19.0 Å². The van der Waals surface area contributed by atoms with Gasteiger partial charge in [-0.3, -0.25) is 9.59 Å². The standard InChI is InChI=1S/C32H26Cl3N7O5/c1-47-31(46)27(15-18-8-10-20(11-9-18)37-30(45)28-24(33)6-3-7-25(28)34)38-29(44)23-13-12-21(16-26(23)35)42-32(39-40-41-42)36-17-19-4-2-5-22(43)14-19/h2-14,16,27,43H,15,17H2,1H3,(H,37,45)(H,38,44)(H,36,39,41)/t27-/m0/s1. The third-order valence-corrected chi connectivity index (χ3v) is 7.85. The molecule has 0 aliphatic heterocycles. The maximum Gasteiger partial charge on any atom is 0.328 e. The number of halogens is 3. The first-order valence-electron chi connectivity index (χ1n) is 14.0.